The lowest BCUT2D eigenvalue weighted by atomic mass is 10.1. The SMILES string of the molecule is CCn1nc(C(=O)Oc2ccc(C)cc2)c2ccccc2c1=O. The maximum atomic E-state index is 12.5. The molecule has 3 aromatic rings. The molecule has 23 heavy (non-hydrogen) atoms. The molecule has 0 bridgehead atoms. The van der Waals surface area contributed by atoms with E-state index in [9.17, 15) is 9.59 Å². The second kappa shape index (κ2) is 6.04. The van der Waals surface area contributed by atoms with Crippen molar-refractivity contribution < 1.29 is 9.53 Å². The monoisotopic (exact) mass is 308 g/mol. The average molecular weight is 308 g/mol. The van der Waals surface area contributed by atoms with Gasteiger partial charge in [-0.3, -0.25) is 4.79 Å². The molecule has 2 aromatic carbocycles. The van der Waals surface area contributed by atoms with E-state index >= 15 is 0 Å². The van der Waals surface area contributed by atoms with Gasteiger partial charge in [-0.15, -0.1) is 0 Å². The fraction of sp³-hybridized carbons (Fsp3) is 0.167. The third-order valence-corrected chi connectivity index (χ3v) is 3.59. The van der Waals surface area contributed by atoms with Gasteiger partial charge in [0.2, 0.25) is 0 Å². The van der Waals surface area contributed by atoms with Crippen LogP contribution in [0.4, 0.5) is 0 Å². The Morgan fingerprint density at radius 3 is 2.39 bits per heavy atom. The maximum absolute atomic E-state index is 12.5. The highest BCUT2D eigenvalue weighted by molar-refractivity contribution is 6.02. The summed E-state index contributed by atoms with van der Waals surface area (Å²) in [6.07, 6.45) is 0. The van der Waals surface area contributed by atoms with Crippen LogP contribution in [0.5, 0.6) is 5.75 Å². The number of rotatable bonds is 3. The molecule has 0 unspecified atom stereocenters. The normalized spacial score (nSPS) is 10.7. The smallest absolute Gasteiger partial charge is 0.364 e. The summed E-state index contributed by atoms with van der Waals surface area (Å²) >= 11 is 0. The van der Waals surface area contributed by atoms with Crippen molar-refractivity contribution in [1.29, 1.82) is 0 Å². The lowest BCUT2D eigenvalue weighted by Gasteiger charge is -2.09. The van der Waals surface area contributed by atoms with Gasteiger partial charge in [-0.25, -0.2) is 9.48 Å². The maximum Gasteiger partial charge on any atom is 0.364 e. The van der Waals surface area contributed by atoms with Gasteiger partial charge in [-0.1, -0.05) is 35.9 Å². The molecular formula is C18H16N2O3. The molecule has 1 heterocycles. The van der Waals surface area contributed by atoms with Crippen LogP contribution in [0.1, 0.15) is 23.0 Å². The number of carbonyl (C=O) groups is 1. The number of hydrogen-bond acceptors (Lipinski definition) is 4. The van der Waals surface area contributed by atoms with Gasteiger partial charge < -0.3 is 4.74 Å². The zero-order chi connectivity index (χ0) is 16.4. The summed E-state index contributed by atoms with van der Waals surface area (Å²) in [6.45, 7) is 4.14. The van der Waals surface area contributed by atoms with Crippen molar-refractivity contribution in [2.45, 2.75) is 20.4 Å². The third kappa shape index (κ3) is 2.85. The summed E-state index contributed by atoms with van der Waals surface area (Å²) in [5.74, 6) is -0.131. The minimum Gasteiger partial charge on any atom is -0.422 e. The van der Waals surface area contributed by atoms with Gasteiger partial charge in [0.15, 0.2) is 5.69 Å². The Labute approximate surface area is 133 Å². The van der Waals surface area contributed by atoms with Crippen molar-refractivity contribution >= 4 is 16.7 Å². The van der Waals surface area contributed by atoms with Crippen LogP contribution in [-0.2, 0) is 6.54 Å². The van der Waals surface area contributed by atoms with Crippen molar-refractivity contribution in [2.75, 3.05) is 0 Å². The van der Waals surface area contributed by atoms with Gasteiger partial charge in [0.25, 0.3) is 5.56 Å². The van der Waals surface area contributed by atoms with E-state index in [1.54, 1.807) is 43.3 Å². The lowest BCUT2D eigenvalue weighted by molar-refractivity contribution is 0.0728. The molecule has 0 aliphatic heterocycles. The quantitative estimate of drug-likeness (QED) is 0.551. The van der Waals surface area contributed by atoms with Gasteiger partial charge in [-0.05, 0) is 32.0 Å². The summed E-state index contributed by atoms with van der Waals surface area (Å²) in [4.78, 5) is 24.8. The summed E-state index contributed by atoms with van der Waals surface area (Å²) in [5.41, 5.74) is 1.01. The molecule has 1 aromatic heterocycles. The Bertz CT molecular complexity index is 927. The number of benzene rings is 2. The average Bonchev–Trinajstić information content (AvgIpc) is 2.57. The highest BCUT2D eigenvalue weighted by atomic mass is 16.5. The molecule has 0 spiro atoms. The molecule has 0 fully saturated rings. The number of carbonyl (C=O) groups excluding carboxylic acids is 1. The van der Waals surface area contributed by atoms with E-state index < -0.39 is 5.97 Å². The van der Waals surface area contributed by atoms with Crippen LogP contribution in [0.3, 0.4) is 0 Å². The summed E-state index contributed by atoms with van der Waals surface area (Å²) in [7, 11) is 0. The Balaban J connectivity index is 2.08. The van der Waals surface area contributed by atoms with E-state index in [2.05, 4.69) is 5.10 Å². The number of hydrogen-bond donors (Lipinski definition) is 0. The van der Waals surface area contributed by atoms with Crippen LogP contribution in [-0.4, -0.2) is 15.7 Å². The molecular weight excluding hydrogens is 292 g/mol. The fourth-order valence-corrected chi connectivity index (χ4v) is 2.36. The molecule has 0 radical (unpaired) electrons. The number of ether oxygens (including phenoxy) is 1. The molecule has 0 amide bonds. The van der Waals surface area contributed by atoms with E-state index in [1.807, 2.05) is 19.1 Å². The van der Waals surface area contributed by atoms with E-state index in [0.29, 0.717) is 23.1 Å². The van der Waals surface area contributed by atoms with Crippen LogP contribution < -0.4 is 10.3 Å². The zero-order valence-corrected chi connectivity index (χ0v) is 12.9. The van der Waals surface area contributed by atoms with Crippen LogP contribution in [0.15, 0.2) is 53.3 Å². The summed E-state index contributed by atoms with van der Waals surface area (Å²) in [6, 6.07) is 14.1. The Morgan fingerprint density at radius 2 is 1.74 bits per heavy atom. The predicted octanol–water partition coefficient (Wildman–Crippen LogP) is 2.94. The number of aryl methyl sites for hydroxylation is 2. The molecule has 0 aliphatic rings. The van der Waals surface area contributed by atoms with Gasteiger partial charge in [0, 0.05) is 11.9 Å². The third-order valence-electron chi connectivity index (χ3n) is 3.59. The van der Waals surface area contributed by atoms with Crippen molar-refractivity contribution in [3.8, 4) is 5.75 Å². The first kappa shape index (κ1) is 15.0. The molecule has 0 N–H and O–H groups in total. The second-order valence-electron chi connectivity index (χ2n) is 5.22. The van der Waals surface area contributed by atoms with Crippen LogP contribution in [0.2, 0.25) is 0 Å². The van der Waals surface area contributed by atoms with Gasteiger partial charge in [0.1, 0.15) is 5.75 Å². The van der Waals surface area contributed by atoms with Crippen molar-refractivity contribution in [2.24, 2.45) is 0 Å². The molecule has 3 rings (SSSR count). The van der Waals surface area contributed by atoms with Gasteiger partial charge in [-0.2, -0.15) is 5.10 Å². The minimum absolute atomic E-state index is 0.141. The Morgan fingerprint density at radius 1 is 1.09 bits per heavy atom. The van der Waals surface area contributed by atoms with E-state index in [0.717, 1.165) is 5.56 Å². The Kier molecular flexibility index (Phi) is 3.93. The summed E-state index contributed by atoms with van der Waals surface area (Å²) in [5, 5.41) is 5.12. The molecule has 116 valence electrons. The predicted molar refractivity (Wildman–Crippen MR) is 87.8 cm³/mol. The number of fused-ring (bicyclic) bond motifs is 1. The second-order valence-corrected chi connectivity index (χ2v) is 5.22. The molecule has 0 atom stereocenters. The number of esters is 1. The first-order chi connectivity index (χ1) is 11.1. The topological polar surface area (TPSA) is 61.2 Å². The first-order valence-electron chi connectivity index (χ1n) is 7.39. The van der Waals surface area contributed by atoms with E-state index in [-0.39, 0.29) is 11.3 Å². The van der Waals surface area contributed by atoms with Crippen LogP contribution in [0.25, 0.3) is 10.8 Å². The van der Waals surface area contributed by atoms with Gasteiger partial charge in [0.05, 0.1) is 5.39 Å². The Hall–Kier alpha value is -2.95. The first-order valence-corrected chi connectivity index (χ1v) is 7.39. The standard InChI is InChI=1S/C18H16N2O3/c1-3-20-17(21)15-7-5-4-6-14(15)16(19-20)18(22)23-13-10-8-12(2)9-11-13/h4-11H,3H2,1-2H3. The van der Waals surface area contributed by atoms with E-state index in [4.69, 9.17) is 4.74 Å². The highest BCUT2D eigenvalue weighted by Crippen LogP contribution is 2.17. The number of aromatic nitrogens is 2. The number of nitrogens with zero attached hydrogens (tertiary/aromatic N) is 2. The van der Waals surface area contributed by atoms with Crippen molar-refractivity contribution in [3.63, 3.8) is 0 Å². The molecule has 0 saturated heterocycles. The fourth-order valence-electron chi connectivity index (χ4n) is 2.36. The molecule has 0 aliphatic carbocycles. The largest absolute Gasteiger partial charge is 0.422 e. The summed E-state index contributed by atoms with van der Waals surface area (Å²) < 4.78 is 6.66. The van der Waals surface area contributed by atoms with Gasteiger partial charge >= 0.3 is 5.97 Å². The molecule has 5 nitrogen and oxygen atoms in total. The van der Waals surface area contributed by atoms with Crippen LogP contribution >= 0.6 is 0 Å². The van der Waals surface area contributed by atoms with E-state index in [1.165, 1.54) is 4.68 Å². The lowest BCUT2D eigenvalue weighted by Crippen LogP contribution is -2.26. The van der Waals surface area contributed by atoms with Crippen molar-refractivity contribution in [1.82, 2.24) is 9.78 Å². The van der Waals surface area contributed by atoms with Crippen LogP contribution in [0, 0.1) is 6.92 Å². The van der Waals surface area contributed by atoms with Crippen molar-refractivity contribution in [3.05, 3.63) is 70.1 Å². The minimum atomic E-state index is -0.577. The highest BCUT2D eigenvalue weighted by Gasteiger charge is 2.18. The molecule has 5 heteroatoms. The molecule has 0 saturated carbocycles. The zero-order valence-electron chi connectivity index (χ0n) is 12.9.